The molecule has 3 aromatic rings. The third kappa shape index (κ3) is 2.50. The van der Waals surface area contributed by atoms with Crippen molar-refractivity contribution in [3.8, 4) is 22.5 Å². The molecule has 1 aliphatic heterocycles. The van der Waals surface area contributed by atoms with Gasteiger partial charge in [-0.25, -0.2) is 4.79 Å². The molecule has 0 N–H and O–H groups in total. The van der Waals surface area contributed by atoms with E-state index >= 15 is 0 Å². The second-order valence-corrected chi connectivity index (χ2v) is 7.64. The third-order valence-corrected chi connectivity index (χ3v) is 6.16. The zero-order chi connectivity index (χ0) is 17.5. The fourth-order valence-corrected chi connectivity index (χ4v) is 4.86. The average molecular weight is 365 g/mol. The number of anilines is 1. The predicted octanol–water partition coefficient (Wildman–Crippen LogP) is 3.97. The van der Waals surface area contributed by atoms with Crippen molar-refractivity contribution in [2.24, 2.45) is 0 Å². The summed E-state index contributed by atoms with van der Waals surface area (Å²) in [5.41, 5.74) is 4.64. The van der Waals surface area contributed by atoms with Gasteiger partial charge in [-0.15, -0.1) is 11.3 Å². The highest BCUT2D eigenvalue weighted by Crippen LogP contribution is 2.43. The van der Waals surface area contributed by atoms with Crippen LogP contribution >= 0.6 is 11.3 Å². The molecular formula is C21H19NO3S. The smallest absolute Gasteiger partial charge is 0.346 e. The first kappa shape index (κ1) is 15.9. The number of thiophene rings is 1. The minimum absolute atomic E-state index is 0.254. The molecule has 0 spiro atoms. The van der Waals surface area contributed by atoms with Gasteiger partial charge in [0.25, 0.3) is 0 Å². The summed E-state index contributed by atoms with van der Waals surface area (Å²) >= 11 is 1.74. The van der Waals surface area contributed by atoms with Gasteiger partial charge in [0.05, 0.1) is 24.5 Å². The van der Waals surface area contributed by atoms with Crippen molar-refractivity contribution >= 4 is 17.0 Å². The van der Waals surface area contributed by atoms with Crippen LogP contribution in [0.5, 0.6) is 0 Å². The molecule has 0 saturated carbocycles. The molecule has 1 aliphatic carbocycles. The van der Waals surface area contributed by atoms with E-state index in [-0.39, 0.29) is 5.63 Å². The molecule has 2 aliphatic rings. The van der Waals surface area contributed by atoms with E-state index in [1.54, 1.807) is 11.3 Å². The Bertz CT molecular complexity index is 1000. The quantitative estimate of drug-likeness (QED) is 0.689. The van der Waals surface area contributed by atoms with E-state index in [1.165, 1.54) is 4.88 Å². The Morgan fingerprint density at radius 1 is 1.00 bits per heavy atom. The van der Waals surface area contributed by atoms with Crippen molar-refractivity contribution in [2.45, 2.75) is 12.8 Å². The molecule has 1 aromatic carbocycles. The van der Waals surface area contributed by atoms with Crippen LogP contribution in [0, 0.1) is 0 Å². The summed E-state index contributed by atoms with van der Waals surface area (Å²) in [4.78, 5) is 16.7. The molecule has 5 heteroatoms. The maximum Gasteiger partial charge on any atom is 0.346 e. The molecule has 0 atom stereocenters. The molecule has 5 rings (SSSR count). The van der Waals surface area contributed by atoms with Crippen LogP contribution in [-0.2, 0) is 17.6 Å². The van der Waals surface area contributed by atoms with Gasteiger partial charge in [0.1, 0.15) is 5.76 Å². The number of hydrogen-bond acceptors (Lipinski definition) is 5. The summed E-state index contributed by atoms with van der Waals surface area (Å²) in [6.07, 6.45) is 1.90. The van der Waals surface area contributed by atoms with Crippen molar-refractivity contribution in [3.63, 3.8) is 0 Å². The van der Waals surface area contributed by atoms with Gasteiger partial charge in [0, 0.05) is 29.1 Å². The molecule has 1 fully saturated rings. The highest BCUT2D eigenvalue weighted by Gasteiger charge is 2.30. The maximum atomic E-state index is 13.1. The fourth-order valence-electron chi connectivity index (χ4n) is 3.98. The normalized spacial score (nSPS) is 16.2. The number of benzene rings is 1. The van der Waals surface area contributed by atoms with Crippen molar-refractivity contribution in [1.82, 2.24) is 0 Å². The van der Waals surface area contributed by atoms with E-state index in [4.69, 9.17) is 9.15 Å². The Morgan fingerprint density at radius 2 is 1.81 bits per heavy atom. The fraction of sp³-hybridized carbons (Fsp3) is 0.286. The van der Waals surface area contributed by atoms with E-state index in [2.05, 4.69) is 16.3 Å². The third-order valence-electron chi connectivity index (χ3n) is 5.18. The summed E-state index contributed by atoms with van der Waals surface area (Å²) in [5, 5.41) is 2.08. The van der Waals surface area contributed by atoms with E-state index in [0.29, 0.717) is 18.8 Å². The molecule has 2 aromatic heterocycles. The van der Waals surface area contributed by atoms with Crippen LogP contribution in [0.15, 0.2) is 51.0 Å². The van der Waals surface area contributed by atoms with Gasteiger partial charge in [-0.3, -0.25) is 0 Å². The minimum atomic E-state index is -0.254. The SMILES string of the molecule is O=c1oc2c(c(N3CCOCC3)c1-c1ccccc1)CCc1sccc1-2. The molecule has 4 nitrogen and oxygen atoms in total. The topological polar surface area (TPSA) is 42.7 Å². The van der Waals surface area contributed by atoms with Crippen LogP contribution in [0.4, 0.5) is 5.69 Å². The first-order valence-corrected chi connectivity index (χ1v) is 9.86. The van der Waals surface area contributed by atoms with Crippen LogP contribution in [0.2, 0.25) is 0 Å². The Labute approximate surface area is 155 Å². The standard InChI is InChI=1S/C21H19NO3S/c23-21-18(14-4-2-1-3-5-14)19(22-9-11-24-12-10-22)16-6-7-17-15(8-13-26-17)20(16)25-21/h1-5,8,13H,6-7,9-12H2. The molecule has 0 amide bonds. The number of morpholine rings is 1. The average Bonchev–Trinajstić information content (AvgIpc) is 3.18. The molecule has 1 saturated heterocycles. The Balaban J connectivity index is 1.80. The van der Waals surface area contributed by atoms with Crippen LogP contribution in [0.3, 0.4) is 0 Å². The number of nitrogens with zero attached hydrogens (tertiary/aromatic N) is 1. The Morgan fingerprint density at radius 3 is 2.62 bits per heavy atom. The van der Waals surface area contributed by atoms with E-state index < -0.39 is 0 Å². The lowest BCUT2D eigenvalue weighted by molar-refractivity contribution is 0.122. The van der Waals surface area contributed by atoms with Gasteiger partial charge >= 0.3 is 5.63 Å². The lowest BCUT2D eigenvalue weighted by atomic mass is 9.91. The number of aryl methyl sites for hydroxylation is 1. The number of ether oxygens (including phenoxy) is 1. The summed E-state index contributed by atoms with van der Waals surface area (Å²) in [7, 11) is 0. The van der Waals surface area contributed by atoms with E-state index in [0.717, 1.165) is 54.1 Å². The molecule has 0 bridgehead atoms. The van der Waals surface area contributed by atoms with Gasteiger partial charge in [0.2, 0.25) is 0 Å². The van der Waals surface area contributed by atoms with Crippen molar-refractivity contribution < 1.29 is 9.15 Å². The van der Waals surface area contributed by atoms with Gasteiger partial charge in [0.15, 0.2) is 0 Å². The van der Waals surface area contributed by atoms with Crippen LogP contribution in [0.1, 0.15) is 10.4 Å². The van der Waals surface area contributed by atoms with Crippen molar-refractivity contribution in [1.29, 1.82) is 0 Å². The monoisotopic (exact) mass is 365 g/mol. The van der Waals surface area contributed by atoms with Crippen LogP contribution in [-0.4, -0.2) is 26.3 Å². The summed E-state index contributed by atoms with van der Waals surface area (Å²) in [6, 6.07) is 12.0. The van der Waals surface area contributed by atoms with Gasteiger partial charge in [-0.05, 0) is 29.9 Å². The predicted molar refractivity (Wildman–Crippen MR) is 104 cm³/mol. The highest BCUT2D eigenvalue weighted by molar-refractivity contribution is 7.10. The summed E-state index contributed by atoms with van der Waals surface area (Å²) in [5.74, 6) is 0.763. The number of hydrogen-bond donors (Lipinski definition) is 0. The number of fused-ring (bicyclic) bond motifs is 3. The zero-order valence-corrected chi connectivity index (χ0v) is 15.2. The second-order valence-electron chi connectivity index (χ2n) is 6.64. The highest BCUT2D eigenvalue weighted by atomic mass is 32.1. The molecule has 0 unspecified atom stereocenters. The first-order chi connectivity index (χ1) is 12.8. The molecule has 132 valence electrons. The van der Waals surface area contributed by atoms with Crippen LogP contribution < -0.4 is 10.5 Å². The molecule has 3 heterocycles. The van der Waals surface area contributed by atoms with Gasteiger partial charge in [-0.2, -0.15) is 0 Å². The first-order valence-electron chi connectivity index (χ1n) is 8.98. The van der Waals surface area contributed by atoms with Crippen LogP contribution in [0.25, 0.3) is 22.5 Å². The van der Waals surface area contributed by atoms with Gasteiger partial charge in [-0.1, -0.05) is 30.3 Å². The minimum Gasteiger partial charge on any atom is -0.422 e. The molecular weight excluding hydrogens is 346 g/mol. The zero-order valence-electron chi connectivity index (χ0n) is 14.4. The van der Waals surface area contributed by atoms with Crippen molar-refractivity contribution in [2.75, 3.05) is 31.2 Å². The van der Waals surface area contributed by atoms with E-state index in [9.17, 15) is 4.79 Å². The van der Waals surface area contributed by atoms with Crippen molar-refractivity contribution in [3.05, 3.63) is 62.6 Å². The Hall–Kier alpha value is -2.37. The lowest BCUT2D eigenvalue weighted by Crippen LogP contribution is -2.38. The molecule has 0 radical (unpaired) electrons. The second kappa shape index (κ2) is 6.41. The largest absolute Gasteiger partial charge is 0.422 e. The Kier molecular flexibility index (Phi) is 3.91. The summed E-state index contributed by atoms with van der Waals surface area (Å²) in [6.45, 7) is 2.97. The molecule has 26 heavy (non-hydrogen) atoms. The van der Waals surface area contributed by atoms with Gasteiger partial charge < -0.3 is 14.1 Å². The van der Waals surface area contributed by atoms with E-state index in [1.807, 2.05) is 30.3 Å². The maximum absolute atomic E-state index is 13.1. The summed E-state index contributed by atoms with van der Waals surface area (Å²) < 4.78 is 11.4. The lowest BCUT2D eigenvalue weighted by Gasteiger charge is -2.33. The number of rotatable bonds is 2.